The van der Waals surface area contributed by atoms with Crippen molar-refractivity contribution in [3.63, 3.8) is 0 Å². The van der Waals surface area contributed by atoms with Crippen molar-refractivity contribution in [2.75, 3.05) is 18.5 Å². The largest absolute Gasteiger partial charge is 0.476 e. The van der Waals surface area contributed by atoms with Crippen LogP contribution in [-0.2, 0) is 4.74 Å². The average molecular weight is 256 g/mol. The number of hydrogen-bond donors (Lipinski definition) is 2. The van der Waals surface area contributed by atoms with Gasteiger partial charge in [-0.1, -0.05) is 0 Å². The third kappa shape index (κ3) is 2.95. The van der Waals surface area contributed by atoms with Crippen LogP contribution in [0.25, 0.3) is 0 Å². The van der Waals surface area contributed by atoms with Gasteiger partial charge < -0.3 is 15.2 Å². The van der Waals surface area contributed by atoms with Crippen LogP contribution >= 0.6 is 11.3 Å². The molecule has 1 aliphatic heterocycles. The van der Waals surface area contributed by atoms with Gasteiger partial charge in [0.25, 0.3) is 0 Å². The second-order valence-electron chi connectivity index (χ2n) is 4.22. The summed E-state index contributed by atoms with van der Waals surface area (Å²) in [7, 11) is 0. The number of rotatable bonds is 4. The van der Waals surface area contributed by atoms with Crippen molar-refractivity contribution >= 4 is 22.3 Å². The Bertz CT molecular complexity index is 388. The van der Waals surface area contributed by atoms with E-state index >= 15 is 0 Å². The summed E-state index contributed by atoms with van der Waals surface area (Å²) in [6.07, 6.45) is 2.05. The van der Waals surface area contributed by atoms with Crippen molar-refractivity contribution in [1.82, 2.24) is 4.98 Å². The lowest BCUT2D eigenvalue weighted by atomic mass is 9.93. The Balaban J connectivity index is 1.99. The van der Waals surface area contributed by atoms with E-state index in [-0.39, 0.29) is 11.7 Å². The molecule has 6 heteroatoms. The highest BCUT2D eigenvalue weighted by atomic mass is 32.1. The Morgan fingerprint density at radius 3 is 3.00 bits per heavy atom. The molecule has 0 aliphatic carbocycles. The molecule has 0 saturated carbocycles. The van der Waals surface area contributed by atoms with Crippen LogP contribution < -0.4 is 5.32 Å². The molecular formula is C11H16N2O3S. The molecule has 0 radical (unpaired) electrons. The molecule has 5 nitrogen and oxygen atoms in total. The first-order valence-electron chi connectivity index (χ1n) is 5.69. The van der Waals surface area contributed by atoms with Gasteiger partial charge >= 0.3 is 5.97 Å². The van der Waals surface area contributed by atoms with E-state index in [0.29, 0.717) is 10.9 Å². The quantitative estimate of drug-likeness (QED) is 0.863. The zero-order valence-corrected chi connectivity index (χ0v) is 10.5. The first kappa shape index (κ1) is 12.3. The van der Waals surface area contributed by atoms with Gasteiger partial charge in [0.1, 0.15) is 5.00 Å². The van der Waals surface area contributed by atoms with Gasteiger partial charge in [-0.3, -0.25) is 0 Å². The number of aromatic nitrogens is 1. The second-order valence-corrected chi connectivity index (χ2v) is 5.07. The number of nitrogens with one attached hydrogen (secondary N) is 1. The van der Waals surface area contributed by atoms with E-state index in [2.05, 4.69) is 17.2 Å². The molecule has 1 saturated heterocycles. The maximum Gasteiger partial charge on any atom is 0.357 e. The molecule has 1 aliphatic rings. The number of ether oxygens (including phenoxy) is 1. The van der Waals surface area contributed by atoms with E-state index in [1.165, 1.54) is 11.3 Å². The number of hydrogen-bond acceptors (Lipinski definition) is 5. The summed E-state index contributed by atoms with van der Waals surface area (Å²) < 4.78 is 5.32. The molecule has 1 aromatic rings. The Kier molecular flexibility index (Phi) is 3.96. The molecule has 1 aromatic heterocycles. The fourth-order valence-corrected chi connectivity index (χ4v) is 2.81. The molecule has 2 N–H and O–H groups in total. The van der Waals surface area contributed by atoms with Crippen LogP contribution in [0.3, 0.4) is 0 Å². The van der Waals surface area contributed by atoms with Crippen molar-refractivity contribution in [3.05, 3.63) is 11.2 Å². The molecular weight excluding hydrogens is 240 g/mol. The lowest BCUT2D eigenvalue weighted by molar-refractivity contribution is 0.0621. The number of thiazole rings is 1. The zero-order chi connectivity index (χ0) is 12.3. The number of anilines is 1. The van der Waals surface area contributed by atoms with E-state index in [9.17, 15) is 4.79 Å². The SMILES string of the molecule is CC(Nc1scnc1C(=O)O)C1CCOCC1. The van der Waals surface area contributed by atoms with Gasteiger partial charge in [0.15, 0.2) is 5.69 Å². The highest BCUT2D eigenvalue weighted by Crippen LogP contribution is 2.26. The summed E-state index contributed by atoms with van der Waals surface area (Å²) in [4.78, 5) is 14.8. The van der Waals surface area contributed by atoms with Crippen LogP contribution in [0.5, 0.6) is 0 Å². The minimum atomic E-state index is -0.979. The molecule has 1 fully saturated rings. The van der Waals surface area contributed by atoms with E-state index in [0.717, 1.165) is 26.1 Å². The smallest absolute Gasteiger partial charge is 0.357 e. The lowest BCUT2D eigenvalue weighted by Crippen LogP contribution is -2.31. The maximum atomic E-state index is 10.9. The van der Waals surface area contributed by atoms with E-state index < -0.39 is 5.97 Å². The summed E-state index contributed by atoms with van der Waals surface area (Å²) in [6, 6.07) is 0.248. The molecule has 0 bridgehead atoms. The van der Waals surface area contributed by atoms with E-state index in [1.807, 2.05) is 0 Å². The van der Waals surface area contributed by atoms with Crippen molar-refractivity contribution in [2.45, 2.75) is 25.8 Å². The number of aromatic carboxylic acids is 1. The molecule has 94 valence electrons. The molecule has 0 aromatic carbocycles. The minimum absolute atomic E-state index is 0.119. The predicted octanol–water partition coefficient (Wildman–Crippen LogP) is 2.07. The van der Waals surface area contributed by atoms with Crippen LogP contribution in [0.15, 0.2) is 5.51 Å². The highest BCUT2D eigenvalue weighted by Gasteiger charge is 2.22. The van der Waals surface area contributed by atoms with Crippen molar-refractivity contribution in [3.8, 4) is 0 Å². The van der Waals surface area contributed by atoms with Gasteiger partial charge in [0, 0.05) is 19.3 Å². The van der Waals surface area contributed by atoms with E-state index in [1.54, 1.807) is 5.51 Å². The fraction of sp³-hybridized carbons (Fsp3) is 0.636. The van der Waals surface area contributed by atoms with Gasteiger partial charge in [0.2, 0.25) is 0 Å². The first-order chi connectivity index (χ1) is 8.18. The molecule has 17 heavy (non-hydrogen) atoms. The highest BCUT2D eigenvalue weighted by molar-refractivity contribution is 7.14. The van der Waals surface area contributed by atoms with Gasteiger partial charge in [0.05, 0.1) is 5.51 Å². The number of carboxylic acid groups (broad SMARTS) is 1. The topological polar surface area (TPSA) is 71.5 Å². The van der Waals surface area contributed by atoms with Crippen LogP contribution in [0.1, 0.15) is 30.3 Å². The molecule has 2 rings (SSSR count). The Hall–Kier alpha value is -1.14. The molecule has 1 unspecified atom stereocenters. The molecule has 0 amide bonds. The number of carboxylic acids is 1. The summed E-state index contributed by atoms with van der Waals surface area (Å²) in [5, 5.41) is 12.9. The Morgan fingerprint density at radius 1 is 1.65 bits per heavy atom. The third-order valence-electron chi connectivity index (χ3n) is 3.10. The van der Waals surface area contributed by atoms with Gasteiger partial charge in [-0.05, 0) is 25.7 Å². The van der Waals surface area contributed by atoms with Gasteiger partial charge in [-0.25, -0.2) is 9.78 Å². The second kappa shape index (κ2) is 5.46. The summed E-state index contributed by atoms with van der Waals surface area (Å²) >= 11 is 1.34. The van der Waals surface area contributed by atoms with Crippen molar-refractivity contribution in [2.24, 2.45) is 5.92 Å². The van der Waals surface area contributed by atoms with Gasteiger partial charge in [-0.15, -0.1) is 11.3 Å². The minimum Gasteiger partial charge on any atom is -0.476 e. The summed E-state index contributed by atoms with van der Waals surface area (Å²) in [5.74, 6) is -0.444. The fourth-order valence-electron chi connectivity index (χ4n) is 2.04. The predicted molar refractivity (Wildman–Crippen MR) is 65.7 cm³/mol. The maximum absolute atomic E-state index is 10.9. The average Bonchev–Trinajstić information content (AvgIpc) is 2.78. The lowest BCUT2D eigenvalue weighted by Gasteiger charge is -2.28. The first-order valence-corrected chi connectivity index (χ1v) is 6.57. The van der Waals surface area contributed by atoms with Crippen molar-refractivity contribution < 1.29 is 14.6 Å². The monoisotopic (exact) mass is 256 g/mol. The van der Waals surface area contributed by atoms with Crippen LogP contribution in [0.2, 0.25) is 0 Å². The molecule has 2 heterocycles. The summed E-state index contributed by atoms with van der Waals surface area (Å²) in [5.41, 5.74) is 1.68. The van der Waals surface area contributed by atoms with Crippen LogP contribution in [-0.4, -0.2) is 35.3 Å². The van der Waals surface area contributed by atoms with E-state index in [4.69, 9.17) is 9.84 Å². The number of nitrogens with zero attached hydrogens (tertiary/aromatic N) is 1. The third-order valence-corrected chi connectivity index (χ3v) is 3.86. The molecule has 0 spiro atoms. The van der Waals surface area contributed by atoms with Gasteiger partial charge in [-0.2, -0.15) is 0 Å². The number of carbonyl (C=O) groups is 1. The Morgan fingerprint density at radius 2 is 2.35 bits per heavy atom. The Labute approximate surface area is 104 Å². The van der Waals surface area contributed by atoms with Crippen molar-refractivity contribution in [1.29, 1.82) is 0 Å². The van der Waals surface area contributed by atoms with Crippen LogP contribution in [0, 0.1) is 5.92 Å². The van der Waals surface area contributed by atoms with Crippen LogP contribution in [0.4, 0.5) is 5.00 Å². The standard InChI is InChI=1S/C11H16N2O3S/c1-7(8-2-4-16-5-3-8)13-10-9(11(14)15)12-6-17-10/h6-8,13H,2-5H2,1H3,(H,14,15). The zero-order valence-electron chi connectivity index (χ0n) is 9.68. The summed E-state index contributed by atoms with van der Waals surface area (Å²) in [6.45, 7) is 3.68. The molecule has 1 atom stereocenters. The normalized spacial score (nSPS) is 18.9.